The number of hydrogen-bond acceptors (Lipinski definition) is 1. The second-order valence-electron chi connectivity index (χ2n) is 5.13. The molecule has 1 radical (unpaired) electrons. The third kappa shape index (κ3) is 5.12. The molecule has 0 spiro atoms. The van der Waals surface area contributed by atoms with Gasteiger partial charge in [0.05, 0.1) is 5.60 Å². The van der Waals surface area contributed by atoms with Gasteiger partial charge in [0.1, 0.15) is 0 Å². The summed E-state index contributed by atoms with van der Waals surface area (Å²) >= 11 is 0. The van der Waals surface area contributed by atoms with Gasteiger partial charge in [-0.05, 0) is 24.7 Å². The van der Waals surface area contributed by atoms with Crippen molar-refractivity contribution in [2.45, 2.75) is 45.6 Å². The molecular formula is C10H20NORe-. The molecule has 1 fully saturated rings. The van der Waals surface area contributed by atoms with E-state index in [-0.39, 0.29) is 25.8 Å². The van der Waals surface area contributed by atoms with E-state index >= 15 is 0 Å². The first kappa shape index (κ1) is 13.6. The predicted octanol–water partition coefficient (Wildman–Crippen LogP) is 2.32. The van der Waals surface area contributed by atoms with Crippen molar-refractivity contribution in [1.29, 1.82) is 0 Å². The van der Waals surface area contributed by atoms with Crippen LogP contribution in [0, 0.1) is 5.41 Å². The van der Waals surface area contributed by atoms with Crippen molar-refractivity contribution in [2.75, 3.05) is 13.1 Å². The summed E-state index contributed by atoms with van der Waals surface area (Å²) in [6.07, 6.45) is 2.60. The maximum Gasteiger partial charge on any atom is 0.0620 e. The van der Waals surface area contributed by atoms with Gasteiger partial charge in [0.25, 0.3) is 0 Å². The van der Waals surface area contributed by atoms with Gasteiger partial charge in [-0.25, -0.2) is 0 Å². The van der Waals surface area contributed by atoms with Gasteiger partial charge >= 0.3 is 0 Å². The Morgan fingerprint density at radius 2 is 1.69 bits per heavy atom. The molecule has 1 N–H and O–H groups in total. The summed E-state index contributed by atoms with van der Waals surface area (Å²) in [5.74, 6) is 0. The first-order chi connectivity index (χ1) is 5.41. The molecule has 1 saturated heterocycles. The zero-order chi connectivity index (χ0) is 9.24. The molecule has 0 aliphatic carbocycles. The van der Waals surface area contributed by atoms with Crippen molar-refractivity contribution in [3.05, 3.63) is 5.32 Å². The van der Waals surface area contributed by atoms with Gasteiger partial charge < -0.3 is 10.4 Å². The Morgan fingerprint density at radius 3 is 2.08 bits per heavy atom. The number of rotatable bonds is 1. The normalized spacial score (nSPS) is 22.2. The first-order valence-corrected chi connectivity index (χ1v) is 4.77. The molecule has 0 aromatic heterocycles. The minimum Gasteiger partial charge on any atom is -0.662 e. The van der Waals surface area contributed by atoms with E-state index in [4.69, 9.17) is 0 Å². The van der Waals surface area contributed by atoms with Gasteiger partial charge in [-0.2, -0.15) is 0 Å². The van der Waals surface area contributed by atoms with Crippen molar-refractivity contribution in [3.63, 3.8) is 0 Å². The van der Waals surface area contributed by atoms with Crippen LogP contribution in [0.4, 0.5) is 0 Å². The first-order valence-electron chi connectivity index (χ1n) is 4.77. The van der Waals surface area contributed by atoms with E-state index in [0.29, 0.717) is 0 Å². The molecule has 1 aliphatic rings. The maximum absolute atomic E-state index is 10.1. The molecule has 3 heteroatoms. The average molecular weight is 356 g/mol. The van der Waals surface area contributed by atoms with Crippen LogP contribution in [0.1, 0.15) is 40.0 Å². The summed E-state index contributed by atoms with van der Waals surface area (Å²) in [5, 5.41) is 14.4. The molecule has 0 bridgehead atoms. The van der Waals surface area contributed by atoms with Crippen LogP contribution in [0.25, 0.3) is 5.32 Å². The number of hydrogen-bond donors (Lipinski definition) is 1. The van der Waals surface area contributed by atoms with Crippen molar-refractivity contribution < 1.29 is 25.5 Å². The fourth-order valence-electron chi connectivity index (χ4n) is 1.98. The molecule has 79 valence electrons. The molecule has 0 atom stereocenters. The Kier molecular flexibility index (Phi) is 5.11. The molecule has 0 aromatic rings. The van der Waals surface area contributed by atoms with Crippen LogP contribution in [0.15, 0.2) is 0 Å². The molecule has 2 nitrogen and oxygen atoms in total. The zero-order valence-corrected chi connectivity index (χ0v) is 11.5. The minimum absolute atomic E-state index is 0. The van der Waals surface area contributed by atoms with Gasteiger partial charge in [0, 0.05) is 20.4 Å². The van der Waals surface area contributed by atoms with Gasteiger partial charge in [-0.15, -0.1) is 13.1 Å². The molecule has 1 rings (SSSR count). The molecule has 0 saturated carbocycles. The Hall–Kier alpha value is 0.582. The Bertz CT molecular complexity index is 147. The van der Waals surface area contributed by atoms with Crippen molar-refractivity contribution in [2.24, 2.45) is 5.41 Å². The monoisotopic (exact) mass is 357 g/mol. The van der Waals surface area contributed by atoms with Crippen LogP contribution < -0.4 is 0 Å². The number of nitrogens with zero attached hydrogens (tertiary/aromatic N) is 1. The summed E-state index contributed by atoms with van der Waals surface area (Å²) in [5.41, 5.74) is -0.202. The van der Waals surface area contributed by atoms with E-state index in [2.05, 4.69) is 26.1 Å². The molecule has 1 aliphatic heterocycles. The van der Waals surface area contributed by atoms with Crippen LogP contribution in [0.3, 0.4) is 0 Å². The van der Waals surface area contributed by atoms with Crippen LogP contribution >= 0.6 is 0 Å². The smallest absolute Gasteiger partial charge is 0.0620 e. The quantitative estimate of drug-likeness (QED) is 0.769. The topological polar surface area (TPSA) is 34.3 Å². The third-order valence-electron chi connectivity index (χ3n) is 2.33. The standard InChI is InChI=1S/C10H20NO.Re/c1-9(2,3)8-10(12)4-6-11-7-5-10;/h12H,4-8H2,1-3H3;/q-1;. The van der Waals surface area contributed by atoms with Crippen molar-refractivity contribution >= 4 is 0 Å². The van der Waals surface area contributed by atoms with Crippen molar-refractivity contribution in [3.8, 4) is 0 Å². The second kappa shape index (κ2) is 4.89. The van der Waals surface area contributed by atoms with Crippen LogP contribution in [-0.2, 0) is 20.4 Å². The Balaban J connectivity index is 0.00000144. The average Bonchev–Trinajstić information content (AvgIpc) is 1.83. The summed E-state index contributed by atoms with van der Waals surface area (Å²) < 4.78 is 0. The Labute approximate surface area is 95.1 Å². The van der Waals surface area contributed by atoms with Gasteiger partial charge in [-0.1, -0.05) is 20.8 Å². The largest absolute Gasteiger partial charge is 0.662 e. The molecule has 0 aromatic carbocycles. The molecular weight excluding hydrogens is 336 g/mol. The van der Waals surface area contributed by atoms with Crippen LogP contribution in [0.2, 0.25) is 0 Å². The fraction of sp³-hybridized carbons (Fsp3) is 1.00. The van der Waals surface area contributed by atoms with Crippen molar-refractivity contribution in [1.82, 2.24) is 0 Å². The third-order valence-corrected chi connectivity index (χ3v) is 2.33. The van der Waals surface area contributed by atoms with E-state index < -0.39 is 5.60 Å². The number of aliphatic hydroxyl groups is 1. The second-order valence-corrected chi connectivity index (χ2v) is 5.13. The Morgan fingerprint density at radius 1 is 1.23 bits per heavy atom. The minimum atomic E-state index is -0.431. The summed E-state index contributed by atoms with van der Waals surface area (Å²) in [7, 11) is 0. The van der Waals surface area contributed by atoms with E-state index in [0.717, 1.165) is 32.4 Å². The van der Waals surface area contributed by atoms with Crippen LogP contribution in [-0.4, -0.2) is 23.8 Å². The molecule has 1 heterocycles. The zero-order valence-electron chi connectivity index (χ0n) is 8.81. The number of piperidine rings is 1. The van der Waals surface area contributed by atoms with Gasteiger partial charge in [-0.3, -0.25) is 0 Å². The summed E-state index contributed by atoms with van der Waals surface area (Å²) in [4.78, 5) is 0. The molecule has 0 amide bonds. The SMILES string of the molecule is CC(C)(C)CC1(O)CC[N-]CC1.[Re]. The van der Waals surface area contributed by atoms with Crippen LogP contribution in [0.5, 0.6) is 0 Å². The summed E-state index contributed by atoms with van der Waals surface area (Å²) in [6.45, 7) is 8.21. The van der Waals surface area contributed by atoms with Gasteiger partial charge in [0.15, 0.2) is 0 Å². The van der Waals surface area contributed by atoms with E-state index in [1.165, 1.54) is 0 Å². The van der Waals surface area contributed by atoms with E-state index in [1.807, 2.05) is 0 Å². The van der Waals surface area contributed by atoms with E-state index in [9.17, 15) is 5.11 Å². The maximum atomic E-state index is 10.1. The summed E-state index contributed by atoms with van der Waals surface area (Å²) in [6, 6.07) is 0. The fourth-order valence-corrected chi connectivity index (χ4v) is 1.98. The van der Waals surface area contributed by atoms with Gasteiger partial charge in [0.2, 0.25) is 0 Å². The predicted molar refractivity (Wildman–Crippen MR) is 51.3 cm³/mol. The van der Waals surface area contributed by atoms with E-state index in [1.54, 1.807) is 0 Å². The molecule has 13 heavy (non-hydrogen) atoms. The molecule has 0 unspecified atom stereocenters.